The van der Waals surface area contributed by atoms with E-state index in [4.69, 9.17) is 9.47 Å². The van der Waals surface area contributed by atoms with Crippen molar-refractivity contribution in [2.75, 3.05) is 50.8 Å². The van der Waals surface area contributed by atoms with Crippen molar-refractivity contribution in [3.63, 3.8) is 0 Å². The van der Waals surface area contributed by atoms with Gasteiger partial charge in [0.05, 0.1) is 21.3 Å². The molecule has 50 heavy (non-hydrogen) atoms. The van der Waals surface area contributed by atoms with Crippen LogP contribution in [-0.2, 0) is 38.7 Å². The highest BCUT2D eigenvalue weighted by atomic mass is 32.2. The summed E-state index contributed by atoms with van der Waals surface area (Å²) in [5.41, 5.74) is 0. The molecule has 2 aliphatic rings. The molecule has 0 bridgehead atoms. The molecule has 2 N–H and O–H groups in total. The lowest BCUT2D eigenvalue weighted by Crippen LogP contribution is -2.60. The zero-order chi connectivity index (χ0) is 36.1. The number of hydrogen-bond donors (Lipinski definition) is 2. The number of sulfone groups is 2. The Kier molecular flexibility index (Phi) is 14.6. The molecule has 2 atom stereocenters. The fraction of sp³-hybridized carbons (Fsp3) is 0.556. The van der Waals surface area contributed by atoms with Crippen molar-refractivity contribution in [2.45, 2.75) is 86.7 Å². The lowest BCUT2D eigenvalue weighted by molar-refractivity contribution is -0.187. The Morgan fingerprint density at radius 2 is 0.920 bits per heavy atom. The van der Waals surface area contributed by atoms with Crippen molar-refractivity contribution in [2.24, 2.45) is 0 Å². The molecule has 2 fully saturated rings. The van der Waals surface area contributed by atoms with Crippen molar-refractivity contribution in [3.8, 4) is 0 Å². The van der Waals surface area contributed by atoms with E-state index in [1.807, 2.05) is 9.80 Å². The van der Waals surface area contributed by atoms with Crippen molar-refractivity contribution in [1.29, 1.82) is 0 Å². The Bertz CT molecular complexity index is 1500. The van der Waals surface area contributed by atoms with Gasteiger partial charge in [0.2, 0.25) is 11.7 Å². The average molecular weight is 733 g/mol. The number of nitrogens with zero attached hydrogens (tertiary/aromatic N) is 2. The zero-order valence-corrected chi connectivity index (χ0v) is 30.9. The maximum absolute atomic E-state index is 13.2. The molecule has 276 valence electrons. The number of hydrogen-bond acceptors (Lipinski definition) is 12. The summed E-state index contributed by atoms with van der Waals surface area (Å²) in [5, 5.41) is 6.32. The third kappa shape index (κ3) is 11.7. The number of ether oxygens (including phenoxy) is 2. The minimum Gasteiger partial charge on any atom is -0.427 e. The van der Waals surface area contributed by atoms with Crippen LogP contribution in [0.2, 0.25) is 0 Å². The van der Waals surface area contributed by atoms with Crippen LogP contribution in [-0.4, -0.2) is 101 Å². The summed E-state index contributed by atoms with van der Waals surface area (Å²) in [6, 6.07) is 16.4. The van der Waals surface area contributed by atoms with Gasteiger partial charge < -0.3 is 9.47 Å². The van der Waals surface area contributed by atoms with Crippen molar-refractivity contribution < 1.29 is 35.9 Å². The average Bonchev–Trinajstić information content (AvgIpc) is 3.55. The number of likely N-dealkylation sites (tertiary alicyclic amines) is 2. The van der Waals surface area contributed by atoms with Crippen LogP contribution in [0.15, 0.2) is 82.6 Å². The fourth-order valence-corrected chi connectivity index (χ4v) is 8.70. The highest BCUT2D eigenvalue weighted by molar-refractivity contribution is 7.91. The molecule has 12 nitrogen and oxygen atoms in total. The van der Waals surface area contributed by atoms with Crippen LogP contribution in [0, 0.1) is 0 Å². The number of nitrogens with one attached hydrogen (secondary N) is 2. The maximum Gasteiger partial charge on any atom is 0.333 e. The van der Waals surface area contributed by atoms with Crippen LogP contribution in [0.25, 0.3) is 0 Å². The molecule has 2 unspecified atom stereocenters. The van der Waals surface area contributed by atoms with Crippen LogP contribution in [0.4, 0.5) is 0 Å². The molecule has 0 aromatic heterocycles. The van der Waals surface area contributed by atoms with E-state index in [9.17, 15) is 26.4 Å². The normalized spacial score (nSPS) is 19.5. The van der Waals surface area contributed by atoms with E-state index in [-0.39, 0.29) is 34.4 Å². The van der Waals surface area contributed by atoms with Gasteiger partial charge in [-0.3, -0.25) is 20.4 Å². The van der Waals surface area contributed by atoms with Gasteiger partial charge in [0.15, 0.2) is 19.7 Å². The molecule has 0 amide bonds. The highest BCUT2D eigenvalue weighted by Crippen LogP contribution is 2.23. The minimum atomic E-state index is -3.57. The molecule has 14 heteroatoms. The first-order chi connectivity index (χ1) is 23.8. The van der Waals surface area contributed by atoms with Crippen LogP contribution < -0.4 is 10.6 Å². The molecule has 4 rings (SSSR count). The van der Waals surface area contributed by atoms with E-state index >= 15 is 0 Å². The Morgan fingerprint density at radius 3 is 1.24 bits per heavy atom. The molecule has 2 aliphatic heterocycles. The number of esters is 2. The summed E-state index contributed by atoms with van der Waals surface area (Å²) in [4.78, 5) is 30.8. The molecule has 0 saturated carbocycles. The van der Waals surface area contributed by atoms with Gasteiger partial charge in [-0.2, -0.15) is 0 Å². The fourth-order valence-electron chi connectivity index (χ4n) is 6.34. The molecule has 2 heterocycles. The summed E-state index contributed by atoms with van der Waals surface area (Å²) in [6.07, 6.45) is 9.75. The molecule has 2 aromatic rings. The van der Waals surface area contributed by atoms with Gasteiger partial charge in [0, 0.05) is 65.3 Å². The second kappa shape index (κ2) is 18.4. The Balaban J connectivity index is 1.42. The summed E-state index contributed by atoms with van der Waals surface area (Å²) in [7, 11) is -7.14. The predicted octanol–water partition coefficient (Wildman–Crippen LogP) is 3.86. The number of carbonyl (C=O) groups excluding carboxylic acids is 2. The molecular formula is C36H52N4O8S2. The maximum atomic E-state index is 13.2. The van der Waals surface area contributed by atoms with Crippen molar-refractivity contribution >= 4 is 31.6 Å². The molecule has 0 spiro atoms. The summed E-state index contributed by atoms with van der Waals surface area (Å²) in [6.45, 7) is 6.04. The first-order valence-corrected chi connectivity index (χ1v) is 20.8. The van der Waals surface area contributed by atoms with Crippen molar-refractivity contribution in [1.82, 2.24) is 20.4 Å². The van der Waals surface area contributed by atoms with E-state index < -0.39 is 43.3 Å². The molecule has 0 aliphatic carbocycles. The van der Waals surface area contributed by atoms with Gasteiger partial charge in [-0.1, -0.05) is 62.1 Å². The first-order valence-electron chi connectivity index (χ1n) is 17.5. The Morgan fingerprint density at radius 1 is 0.600 bits per heavy atom. The largest absolute Gasteiger partial charge is 0.427 e. The third-order valence-corrected chi connectivity index (χ3v) is 12.7. The van der Waals surface area contributed by atoms with Crippen LogP contribution >= 0.6 is 0 Å². The van der Waals surface area contributed by atoms with E-state index in [0.29, 0.717) is 26.2 Å². The monoisotopic (exact) mass is 732 g/mol. The van der Waals surface area contributed by atoms with Gasteiger partial charge in [-0.25, -0.2) is 26.4 Å². The van der Waals surface area contributed by atoms with Crippen LogP contribution in [0.5, 0.6) is 0 Å². The minimum absolute atomic E-state index is 0.0309. The molecule has 2 aromatic carbocycles. The highest BCUT2D eigenvalue weighted by Gasteiger charge is 2.37. The van der Waals surface area contributed by atoms with Gasteiger partial charge in [-0.05, 0) is 49.9 Å². The second-order valence-corrected chi connectivity index (χ2v) is 17.3. The van der Waals surface area contributed by atoms with Gasteiger partial charge in [0.25, 0.3) is 0 Å². The smallest absolute Gasteiger partial charge is 0.333 e. The number of carbonyl (C=O) groups is 2. The van der Waals surface area contributed by atoms with E-state index in [1.165, 1.54) is 0 Å². The Labute approximate surface area is 297 Å². The summed E-state index contributed by atoms with van der Waals surface area (Å²) < 4.78 is 63.5. The lowest BCUT2D eigenvalue weighted by Gasteiger charge is -2.40. The molecular weight excluding hydrogens is 681 g/mol. The predicted molar refractivity (Wildman–Crippen MR) is 191 cm³/mol. The first kappa shape index (κ1) is 39.6. The number of benzene rings is 2. The topological polar surface area (TPSA) is 151 Å². The lowest BCUT2D eigenvalue weighted by atomic mass is 10.2. The molecule has 2 saturated heterocycles. The van der Waals surface area contributed by atoms with Gasteiger partial charge in [-0.15, -0.1) is 0 Å². The molecule has 0 radical (unpaired) electrons. The Hall–Kier alpha value is -3.14. The zero-order valence-electron chi connectivity index (χ0n) is 29.2. The van der Waals surface area contributed by atoms with Crippen molar-refractivity contribution in [3.05, 3.63) is 72.8 Å². The van der Waals surface area contributed by atoms with Gasteiger partial charge in [0.1, 0.15) is 0 Å². The van der Waals surface area contributed by atoms with E-state index in [2.05, 4.69) is 10.6 Å². The standard InChI is InChI=1S/C36H52N4O8S2/c1-35(39-25-13-3-4-14-26-39,37-23-29-49(43,44)31-17-9-7-10-18-31)47-33(41)21-22-34(42)48-36(2,40-27-15-5-6-16-28-40)38-24-30-50(45,46)32-19-11-8-12-20-32/h7-12,17-22,37-38H,3-6,13-16,23-30H2,1-2H3/b22-21-. The summed E-state index contributed by atoms with van der Waals surface area (Å²) in [5.74, 6) is -4.65. The van der Waals surface area contributed by atoms with Crippen LogP contribution in [0.3, 0.4) is 0 Å². The van der Waals surface area contributed by atoms with E-state index in [1.54, 1.807) is 74.5 Å². The SMILES string of the molecule is CC(NCCS(=O)(=O)c1ccccc1)(OC(=O)/C=C\C(=O)OC(C)(NCCS(=O)(=O)c1ccccc1)N1CCCCCC1)N1CCCCCC1. The second-order valence-electron chi connectivity index (χ2n) is 13.1. The van der Waals surface area contributed by atoms with Crippen LogP contribution in [0.1, 0.15) is 65.2 Å². The summed E-state index contributed by atoms with van der Waals surface area (Å²) >= 11 is 0. The third-order valence-electron chi connectivity index (χ3n) is 9.23. The quantitative estimate of drug-likeness (QED) is 0.147. The van der Waals surface area contributed by atoms with E-state index in [0.717, 1.165) is 63.5 Å². The number of rotatable bonds is 16. The van der Waals surface area contributed by atoms with Gasteiger partial charge >= 0.3 is 11.9 Å².